The molecule has 0 radical (unpaired) electrons. The van der Waals surface area contributed by atoms with Crippen LogP contribution in [0.15, 0.2) is 24.3 Å². The van der Waals surface area contributed by atoms with E-state index < -0.39 is 0 Å². The maximum absolute atomic E-state index is 4.44. The van der Waals surface area contributed by atoms with Crippen LogP contribution in [0.1, 0.15) is 37.6 Å². The molecule has 0 N–H and O–H groups in total. The third-order valence-electron chi connectivity index (χ3n) is 3.42. The van der Waals surface area contributed by atoms with Crippen molar-refractivity contribution in [3.05, 3.63) is 41.1 Å². The first-order valence-electron chi connectivity index (χ1n) is 6.42. The molecule has 0 aliphatic carbocycles. The zero-order valence-corrected chi connectivity index (χ0v) is 12.2. The lowest BCUT2D eigenvalue weighted by Crippen LogP contribution is -2.13. The zero-order chi connectivity index (χ0) is 13.5. The molecule has 1 aromatic heterocycles. The Labute approximate surface area is 110 Å². The molecule has 0 aliphatic heterocycles. The molecule has 0 amide bonds. The van der Waals surface area contributed by atoms with Gasteiger partial charge >= 0.3 is 0 Å². The molecule has 0 spiro atoms. The molecule has 2 aromatic rings. The maximum atomic E-state index is 4.44. The summed E-state index contributed by atoms with van der Waals surface area (Å²) in [6.07, 6.45) is 0. The van der Waals surface area contributed by atoms with Gasteiger partial charge in [0, 0.05) is 12.6 Å². The molecule has 0 atom stereocenters. The van der Waals surface area contributed by atoms with Gasteiger partial charge in [-0.05, 0) is 36.5 Å². The molecule has 18 heavy (non-hydrogen) atoms. The molecule has 0 saturated heterocycles. The Morgan fingerprint density at radius 1 is 1.11 bits per heavy atom. The molecule has 0 fully saturated rings. The summed E-state index contributed by atoms with van der Waals surface area (Å²) in [5.41, 5.74) is 6.47. The third-order valence-corrected chi connectivity index (χ3v) is 3.42. The van der Waals surface area contributed by atoms with Crippen LogP contribution in [-0.4, -0.2) is 9.78 Å². The number of hydrogen-bond donors (Lipinski definition) is 0. The minimum atomic E-state index is 0.174. The van der Waals surface area contributed by atoms with E-state index in [9.17, 15) is 0 Å². The summed E-state index contributed by atoms with van der Waals surface area (Å²) in [6.45, 7) is 11.0. The summed E-state index contributed by atoms with van der Waals surface area (Å²) in [4.78, 5) is 0. The van der Waals surface area contributed by atoms with Gasteiger partial charge in [-0.1, -0.05) is 39.0 Å². The third kappa shape index (κ3) is 2.20. The molecule has 2 nitrogen and oxygen atoms in total. The number of aromatic nitrogens is 2. The normalized spacial score (nSPS) is 11.9. The minimum Gasteiger partial charge on any atom is -0.268 e. The number of aryl methyl sites for hydroxylation is 2. The van der Waals surface area contributed by atoms with E-state index in [4.69, 9.17) is 0 Å². The van der Waals surface area contributed by atoms with Gasteiger partial charge in [0.15, 0.2) is 0 Å². The van der Waals surface area contributed by atoms with E-state index in [0.29, 0.717) is 0 Å². The van der Waals surface area contributed by atoms with E-state index in [-0.39, 0.29) is 5.41 Å². The van der Waals surface area contributed by atoms with Crippen LogP contribution in [0.4, 0.5) is 0 Å². The average molecular weight is 242 g/mol. The van der Waals surface area contributed by atoms with Crippen molar-refractivity contribution >= 4 is 0 Å². The van der Waals surface area contributed by atoms with Gasteiger partial charge in [-0.2, -0.15) is 5.10 Å². The quantitative estimate of drug-likeness (QED) is 0.739. The second-order valence-electron chi connectivity index (χ2n) is 6.02. The molecule has 0 saturated carbocycles. The molecule has 0 bridgehead atoms. The van der Waals surface area contributed by atoms with E-state index in [2.05, 4.69) is 57.1 Å². The molecular formula is C16H22N2. The maximum Gasteiger partial charge on any atom is 0.0684 e. The summed E-state index contributed by atoms with van der Waals surface area (Å²) in [5, 5.41) is 4.44. The number of benzene rings is 1. The van der Waals surface area contributed by atoms with Crippen LogP contribution in [-0.2, 0) is 12.5 Å². The van der Waals surface area contributed by atoms with Crippen molar-refractivity contribution in [2.75, 3.05) is 0 Å². The Morgan fingerprint density at radius 2 is 1.78 bits per heavy atom. The predicted octanol–water partition coefficient (Wildman–Crippen LogP) is 4.00. The van der Waals surface area contributed by atoms with Crippen molar-refractivity contribution < 1.29 is 0 Å². The van der Waals surface area contributed by atoms with Crippen molar-refractivity contribution in [1.29, 1.82) is 0 Å². The van der Waals surface area contributed by atoms with Gasteiger partial charge in [0.1, 0.15) is 0 Å². The molecule has 2 rings (SSSR count). The highest BCUT2D eigenvalue weighted by molar-refractivity contribution is 5.66. The van der Waals surface area contributed by atoms with Crippen LogP contribution in [0.3, 0.4) is 0 Å². The fraction of sp³-hybridized carbons (Fsp3) is 0.438. The van der Waals surface area contributed by atoms with Crippen LogP contribution >= 0.6 is 0 Å². The van der Waals surface area contributed by atoms with Crippen molar-refractivity contribution in [1.82, 2.24) is 9.78 Å². The Bertz CT molecular complexity index is 571. The monoisotopic (exact) mass is 242 g/mol. The SMILES string of the molecule is Cc1cc(-c2cccc(C(C)(C)C)c2C)n(C)n1. The second-order valence-corrected chi connectivity index (χ2v) is 6.02. The van der Waals surface area contributed by atoms with Crippen molar-refractivity contribution in [2.45, 2.75) is 40.0 Å². The molecule has 2 heteroatoms. The Hall–Kier alpha value is -1.57. The van der Waals surface area contributed by atoms with Crippen LogP contribution in [0.5, 0.6) is 0 Å². The van der Waals surface area contributed by atoms with Gasteiger partial charge in [-0.25, -0.2) is 0 Å². The van der Waals surface area contributed by atoms with E-state index in [1.54, 1.807) is 0 Å². The smallest absolute Gasteiger partial charge is 0.0684 e. The lowest BCUT2D eigenvalue weighted by atomic mass is 9.82. The van der Waals surface area contributed by atoms with Crippen molar-refractivity contribution in [2.24, 2.45) is 7.05 Å². The largest absolute Gasteiger partial charge is 0.268 e. The first kappa shape index (κ1) is 12.9. The molecule has 0 aliphatic rings. The van der Waals surface area contributed by atoms with Gasteiger partial charge in [-0.3, -0.25) is 4.68 Å². The number of nitrogens with zero attached hydrogens (tertiary/aromatic N) is 2. The number of rotatable bonds is 1. The summed E-state index contributed by atoms with van der Waals surface area (Å²) in [6, 6.07) is 8.70. The highest BCUT2D eigenvalue weighted by Gasteiger charge is 2.19. The lowest BCUT2D eigenvalue weighted by Gasteiger charge is -2.23. The van der Waals surface area contributed by atoms with Gasteiger partial charge < -0.3 is 0 Å². The highest BCUT2D eigenvalue weighted by Crippen LogP contribution is 2.32. The molecular weight excluding hydrogens is 220 g/mol. The van der Waals surface area contributed by atoms with E-state index >= 15 is 0 Å². The Balaban J connectivity index is 2.63. The van der Waals surface area contributed by atoms with Gasteiger partial charge in [0.2, 0.25) is 0 Å². The fourth-order valence-electron chi connectivity index (χ4n) is 2.59. The van der Waals surface area contributed by atoms with E-state index in [0.717, 1.165) is 5.69 Å². The summed E-state index contributed by atoms with van der Waals surface area (Å²) < 4.78 is 1.96. The topological polar surface area (TPSA) is 17.8 Å². The van der Waals surface area contributed by atoms with E-state index in [1.807, 2.05) is 18.7 Å². The Morgan fingerprint density at radius 3 is 2.28 bits per heavy atom. The lowest BCUT2D eigenvalue weighted by molar-refractivity contribution is 0.586. The van der Waals surface area contributed by atoms with Gasteiger partial charge in [0.25, 0.3) is 0 Å². The summed E-state index contributed by atoms with van der Waals surface area (Å²) >= 11 is 0. The van der Waals surface area contributed by atoms with Gasteiger partial charge in [-0.15, -0.1) is 0 Å². The van der Waals surface area contributed by atoms with E-state index in [1.165, 1.54) is 22.4 Å². The van der Waals surface area contributed by atoms with Crippen molar-refractivity contribution in [3.63, 3.8) is 0 Å². The standard InChI is InChI=1S/C16H22N2/c1-11-10-15(18(6)17-11)13-8-7-9-14(12(13)2)16(3,4)5/h7-10H,1-6H3. The molecule has 1 heterocycles. The first-order valence-corrected chi connectivity index (χ1v) is 6.42. The summed E-state index contributed by atoms with van der Waals surface area (Å²) in [5.74, 6) is 0. The summed E-state index contributed by atoms with van der Waals surface area (Å²) in [7, 11) is 2.01. The van der Waals surface area contributed by atoms with Crippen LogP contribution < -0.4 is 0 Å². The average Bonchev–Trinajstić information content (AvgIpc) is 2.56. The second kappa shape index (κ2) is 4.27. The van der Waals surface area contributed by atoms with Gasteiger partial charge in [0.05, 0.1) is 11.4 Å². The molecule has 96 valence electrons. The first-order chi connectivity index (χ1) is 8.30. The molecule has 1 aromatic carbocycles. The fourth-order valence-corrected chi connectivity index (χ4v) is 2.59. The minimum absolute atomic E-state index is 0.174. The van der Waals surface area contributed by atoms with Crippen molar-refractivity contribution in [3.8, 4) is 11.3 Å². The molecule has 0 unspecified atom stereocenters. The predicted molar refractivity (Wildman–Crippen MR) is 76.8 cm³/mol. The van der Waals surface area contributed by atoms with Crippen LogP contribution in [0.2, 0.25) is 0 Å². The van der Waals surface area contributed by atoms with Crippen LogP contribution in [0, 0.1) is 13.8 Å². The van der Waals surface area contributed by atoms with Crippen LogP contribution in [0.25, 0.3) is 11.3 Å². The zero-order valence-electron chi connectivity index (χ0n) is 12.2. The highest BCUT2D eigenvalue weighted by atomic mass is 15.3. The number of hydrogen-bond acceptors (Lipinski definition) is 1. The Kier molecular flexibility index (Phi) is 3.05.